The van der Waals surface area contributed by atoms with Crippen LogP contribution in [0.15, 0.2) is 36.9 Å². The molecule has 0 spiro atoms. The Bertz CT molecular complexity index is 531. The summed E-state index contributed by atoms with van der Waals surface area (Å²) in [5, 5.41) is 8.71. The topological polar surface area (TPSA) is 41.6 Å². The van der Waals surface area contributed by atoms with Gasteiger partial charge in [-0.25, -0.2) is 4.98 Å². The highest BCUT2D eigenvalue weighted by Crippen LogP contribution is 2.16. The highest BCUT2D eigenvalue weighted by Gasteiger charge is 2.07. The van der Waals surface area contributed by atoms with Gasteiger partial charge in [0.1, 0.15) is 5.82 Å². The number of allylic oxidation sites excluding steroid dienone is 1. The second-order valence-corrected chi connectivity index (χ2v) is 3.25. The quantitative estimate of drug-likeness (QED) is 0.708. The van der Waals surface area contributed by atoms with Crippen LogP contribution < -0.4 is 0 Å². The molecule has 3 nitrogen and oxygen atoms in total. The third-order valence-electron chi connectivity index (χ3n) is 2.28. The molecule has 74 valence electrons. The van der Waals surface area contributed by atoms with Crippen molar-refractivity contribution in [2.24, 2.45) is 0 Å². The number of nitrogens with zero attached hydrogens (tertiary/aromatic N) is 3. The fraction of sp³-hybridized carbons (Fsp3) is 0.167. The minimum atomic E-state index is 0.336. The van der Waals surface area contributed by atoms with Crippen LogP contribution in [0.4, 0.5) is 0 Å². The van der Waals surface area contributed by atoms with Crippen LogP contribution in [0, 0.1) is 11.3 Å². The van der Waals surface area contributed by atoms with Crippen molar-refractivity contribution in [2.75, 3.05) is 0 Å². The van der Waals surface area contributed by atoms with Crippen molar-refractivity contribution >= 4 is 11.0 Å². The molecule has 0 amide bonds. The van der Waals surface area contributed by atoms with Crippen molar-refractivity contribution in [3.63, 3.8) is 0 Å². The van der Waals surface area contributed by atoms with Gasteiger partial charge >= 0.3 is 0 Å². The minimum absolute atomic E-state index is 0.336. The van der Waals surface area contributed by atoms with E-state index < -0.39 is 0 Å². The summed E-state index contributed by atoms with van der Waals surface area (Å²) < 4.78 is 2.02. The number of imidazole rings is 1. The van der Waals surface area contributed by atoms with Gasteiger partial charge in [-0.05, 0) is 12.1 Å². The Morgan fingerprint density at radius 3 is 3.00 bits per heavy atom. The van der Waals surface area contributed by atoms with Crippen LogP contribution in [0.2, 0.25) is 0 Å². The highest BCUT2D eigenvalue weighted by molar-refractivity contribution is 5.76. The van der Waals surface area contributed by atoms with Gasteiger partial charge in [-0.2, -0.15) is 5.26 Å². The van der Waals surface area contributed by atoms with Crippen LogP contribution >= 0.6 is 0 Å². The third kappa shape index (κ3) is 1.62. The molecule has 15 heavy (non-hydrogen) atoms. The summed E-state index contributed by atoms with van der Waals surface area (Å²) in [7, 11) is 0. The van der Waals surface area contributed by atoms with Gasteiger partial charge in [-0.3, -0.25) is 0 Å². The molecule has 1 aromatic heterocycles. The van der Waals surface area contributed by atoms with E-state index in [1.807, 2.05) is 34.9 Å². The van der Waals surface area contributed by atoms with Crippen LogP contribution in [0.25, 0.3) is 11.0 Å². The van der Waals surface area contributed by atoms with E-state index in [0.717, 1.165) is 16.9 Å². The summed E-state index contributed by atoms with van der Waals surface area (Å²) in [5.41, 5.74) is 1.99. The first kappa shape index (κ1) is 9.47. The van der Waals surface area contributed by atoms with Crippen molar-refractivity contribution < 1.29 is 0 Å². The van der Waals surface area contributed by atoms with Gasteiger partial charge < -0.3 is 4.57 Å². The molecule has 2 rings (SSSR count). The Hall–Kier alpha value is -2.08. The van der Waals surface area contributed by atoms with E-state index in [1.165, 1.54) is 0 Å². The zero-order valence-electron chi connectivity index (χ0n) is 8.35. The average Bonchev–Trinajstić information content (AvgIpc) is 2.59. The van der Waals surface area contributed by atoms with E-state index in [0.29, 0.717) is 13.0 Å². The third-order valence-corrected chi connectivity index (χ3v) is 2.28. The van der Waals surface area contributed by atoms with Crippen LogP contribution in [-0.2, 0) is 13.0 Å². The molecule has 0 unspecified atom stereocenters. The Kier molecular flexibility index (Phi) is 2.51. The number of rotatable bonds is 3. The van der Waals surface area contributed by atoms with Gasteiger partial charge in [-0.15, -0.1) is 6.58 Å². The first-order valence-corrected chi connectivity index (χ1v) is 4.79. The summed E-state index contributed by atoms with van der Waals surface area (Å²) in [5.74, 6) is 0.804. The first-order valence-electron chi connectivity index (χ1n) is 4.79. The Labute approximate surface area is 88.3 Å². The second-order valence-electron chi connectivity index (χ2n) is 3.25. The fourth-order valence-electron chi connectivity index (χ4n) is 1.66. The molecule has 1 heterocycles. The molecule has 3 heteroatoms. The molecular formula is C12H11N3. The van der Waals surface area contributed by atoms with E-state index >= 15 is 0 Å². The maximum Gasteiger partial charge on any atom is 0.124 e. The zero-order valence-corrected chi connectivity index (χ0v) is 8.35. The molecule has 0 radical (unpaired) electrons. The average molecular weight is 197 g/mol. The highest BCUT2D eigenvalue weighted by atomic mass is 15.1. The Morgan fingerprint density at radius 1 is 1.47 bits per heavy atom. The lowest BCUT2D eigenvalue weighted by Gasteiger charge is -2.02. The van der Waals surface area contributed by atoms with Crippen molar-refractivity contribution in [1.82, 2.24) is 9.55 Å². The molecule has 0 aliphatic carbocycles. The molecule has 0 aliphatic heterocycles. The molecule has 1 aromatic carbocycles. The standard InChI is InChI=1S/C12H11N3/c1-2-9-15-11-6-4-3-5-10(11)14-12(15)7-8-13/h2-6H,1,7,9H2. The van der Waals surface area contributed by atoms with Gasteiger partial charge in [0.15, 0.2) is 0 Å². The summed E-state index contributed by atoms with van der Waals surface area (Å²) in [6.07, 6.45) is 2.15. The summed E-state index contributed by atoms with van der Waals surface area (Å²) in [6.45, 7) is 4.40. The summed E-state index contributed by atoms with van der Waals surface area (Å²) in [4.78, 5) is 4.41. The lowest BCUT2D eigenvalue weighted by molar-refractivity contribution is 0.789. The predicted molar refractivity (Wildman–Crippen MR) is 59.2 cm³/mol. The summed E-state index contributed by atoms with van der Waals surface area (Å²) in [6, 6.07) is 10.0. The number of benzene rings is 1. The van der Waals surface area contributed by atoms with E-state index in [4.69, 9.17) is 5.26 Å². The number of hydrogen-bond acceptors (Lipinski definition) is 2. The van der Waals surface area contributed by atoms with E-state index in [9.17, 15) is 0 Å². The molecule has 0 saturated heterocycles. The van der Waals surface area contributed by atoms with Crippen molar-refractivity contribution in [3.05, 3.63) is 42.7 Å². The smallest absolute Gasteiger partial charge is 0.124 e. The minimum Gasteiger partial charge on any atom is -0.323 e. The van der Waals surface area contributed by atoms with E-state index in [-0.39, 0.29) is 0 Å². The zero-order chi connectivity index (χ0) is 10.7. The summed E-state index contributed by atoms with van der Waals surface area (Å²) >= 11 is 0. The van der Waals surface area contributed by atoms with Crippen molar-refractivity contribution in [3.8, 4) is 6.07 Å². The monoisotopic (exact) mass is 197 g/mol. The van der Waals surface area contributed by atoms with Crippen LogP contribution in [0.5, 0.6) is 0 Å². The Morgan fingerprint density at radius 2 is 2.27 bits per heavy atom. The molecular weight excluding hydrogens is 186 g/mol. The molecule has 0 saturated carbocycles. The van der Waals surface area contributed by atoms with Gasteiger partial charge in [0.25, 0.3) is 0 Å². The number of nitriles is 1. The van der Waals surface area contributed by atoms with E-state index in [2.05, 4.69) is 17.6 Å². The van der Waals surface area contributed by atoms with Crippen LogP contribution in [-0.4, -0.2) is 9.55 Å². The van der Waals surface area contributed by atoms with Crippen LogP contribution in [0.3, 0.4) is 0 Å². The van der Waals surface area contributed by atoms with Crippen molar-refractivity contribution in [1.29, 1.82) is 5.26 Å². The van der Waals surface area contributed by atoms with Crippen molar-refractivity contribution in [2.45, 2.75) is 13.0 Å². The molecule has 0 fully saturated rings. The molecule has 0 aliphatic rings. The number of hydrogen-bond donors (Lipinski definition) is 0. The van der Waals surface area contributed by atoms with Gasteiger partial charge in [0, 0.05) is 6.54 Å². The van der Waals surface area contributed by atoms with E-state index in [1.54, 1.807) is 0 Å². The molecule has 0 N–H and O–H groups in total. The van der Waals surface area contributed by atoms with Gasteiger partial charge in [0.2, 0.25) is 0 Å². The lowest BCUT2D eigenvalue weighted by Crippen LogP contribution is -2.01. The van der Waals surface area contributed by atoms with Gasteiger partial charge in [-0.1, -0.05) is 18.2 Å². The number of fused-ring (bicyclic) bond motifs is 1. The largest absolute Gasteiger partial charge is 0.323 e. The maximum atomic E-state index is 8.71. The first-order chi connectivity index (χ1) is 7.36. The fourth-order valence-corrected chi connectivity index (χ4v) is 1.66. The lowest BCUT2D eigenvalue weighted by atomic mass is 10.3. The SMILES string of the molecule is C=CCn1c(CC#N)nc2ccccc21. The number of aromatic nitrogens is 2. The molecule has 0 atom stereocenters. The van der Waals surface area contributed by atoms with Crippen LogP contribution in [0.1, 0.15) is 5.82 Å². The Balaban J connectivity index is 2.64. The molecule has 0 bridgehead atoms. The maximum absolute atomic E-state index is 8.71. The normalized spacial score (nSPS) is 10.1. The second kappa shape index (κ2) is 3.97. The molecule has 2 aromatic rings. The number of para-hydroxylation sites is 2. The predicted octanol–water partition coefficient (Wildman–Crippen LogP) is 2.29. The van der Waals surface area contributed by atoms with Gasteiger partial charge in [0.05, 0.1) is 23.5 Å².